The fourth-order valence-corrected chi connectivity index (χ4v) is 3.95. The predicted molar refractivity (Wildman–Crippen MR) is 126 cm³/mol. The summed E-state index contributed by atoms with van der Waals surface area (Å²) in [5, 5.41) is 33.3. The maximum atomic E-state index is 12.9. The van der Waals surface area contributed by atoms with Crippen LogP contribution in [0.25, 0.3) is 0 Å². The molecule has 1 aliphatic heterocycles. The van der Waals surface area contributed by atoms with Gasteiger partial charge in [0.15, 0.2) is 0 Å². The van der Waals surface area contributed by atoms with Crippen molar-refractivity contribution in [2.45, 2.75) is 62.7 Å². The Kier molecular flexibility index (Phi) is 10.9. The Morgan fingerprint density at radius 3 is 2.37 bits per heavy atom. The third-order valence-corrected chi connectivity index (χ3v) is 5.93. The summed E-state index contributed by atoms with van der Waals surface area (Å²) in [6, 6.07) is 1.51. The number of carbonyl (C=O) groups is 4. The Balaban J connectivity index is 1.99. The van der Waals surface area contributed by atoms with Crippen molar-refractivity contribution in [3.8, 4) is 5.75 Å². The first kappa shape index (κ1) is 28.0. The van der Waals surface area contributed by atoms with Gasteiger partial charge in [-0.05, 0) is 49.9 Å². The van der Waals surface area contributed by atoms with E-state index in [4.69, 9.17) is 11.5 Å². The number of hydrogen-bond acceptors (Lipinski definition) is 8. The Hall–Kier alpha value is -3.22. The molecule has 2 rings (SSSR count). The van der Waals surface area contributed by atoms with Gasteiger partial charge in [-0.15, -0.1) is 0 Å². The van der Waals surface area contributed by atoms with Crippen LogP contribution in [0.1, 0.15) is 37.7 Å². The lowest BCUT2D eigenvalue weighted by Gasteiger charge is -2.28. The van der Waals surface area contributed by atoms with Crippen molar-refractivity contribution >= 4 is 23.7 Å². The smallest absolute Gasteiger partial charge is 0.326 e. The van der Waals surface area contributed by atoms with Gasteiger partial charge in [0.1, 0.15) is 23.9 Å². The number of aliphatic carboxylic acids is 1. The minimum atomic E-state index is -1.40. The number of phenols is 1. The van der Waals surface area contributed by atoms with Gasteiger partial charge >= 0.3 is 5.97 Å². The molecular formula is C23H35N5O7. The number of carbonyl (C=O) groups excluding carboxylic acids is 3. The molecule has 1 saturated heterocycles. The highest BCUT2D eigenvalue weighted by atomic mass is 16.4. The van der Waals surface area contributed by atoms with Crippen LogP contribution in [0.3, 0.4) is 0 Å². The molecule has 0 saturated carbocycles. The van der Waals surface area contributed by atoms with Gasteiger partial charge in [0.2, 0.25) is 17.7 Å². The summed E-state index contributed by atoms with van der Waals surface area (Å²) in [5.41, 5.74) is 12.0. The van der Waals surface area contributed by atoms with Crippen molar-refractivity contribution in [3.63, 3.8) is 0 Å². The van der Waals surface area contributed by atoms with E-state index in [1.807, 2.05) is 0 Å². The quantitative estimate of drug-likeness (QED) is 0.158. The molecule has 12 nitrogen and oxygen atoms in total. The molecule has 3 amide bonds. The fourth-order valence-electron chi connectivity index (χ4n) is 3.95. The van der Waals surface area contributed by atoms with E-state index in [1.165, 1.54) is 29.2 Å². The van der Waals surface area contributed by atoms with Crippen molar-refractivity contribution in [2.75, 3.05) is 19.7 Å². The summed E-state index contributed by atoms with van der Waals surface area (Å²) in [5.74, 6) is -3.13. The standard InChI is InChI=1S/C23H35N5O7/c24-10-2-1-4-16(25)22(33)28-11-3-5-19(28)21(32)27-18(13-29)20(31)26-17(23(34)35)12-14-6-8-15(30)9-7-14/h6-9,16-19,29-30H,1-5,10-13,24-25H2,(H,26,31)(H,27,32)(H,34,35). The summed E-state index contributed by atoms with van der Waals surface area (Å²) < 4.78 is 0. The monoisotopic (exact) mass is 493 g/mol. The Morgan fingerprint density at radius 2 is 1.77 bits per heavy atom. The minimum Gasteiger partial charge on any atom is -0.508 e. The van der Waals surface area contributed by atoms with Gasteiger partial charge in [0.05, 0.1) is 12.6 Å². The maximum absolute atomic E-state index is 12.9. The van der Waals surface area contributed by atoms with Crippen molar-refractivity contribution in [2.24, 2.45) is 11.5 Å². The summed E-state index contributed by atoms with van der Waals surface area (Å²) in [6.07, 6.45) is 2.77. The average molecular weight is 494 g/mol. The van der Waals surface area contributed by atoms with E-state index in [2.05, 4.69) is 10.6 Å². The second-order valence-electron chi connectivity index (χ2n) is 8.59. The zero-order chi connectivity index (χ0) is 26.0. The van der Waals surface area contributed by atoms with E-state index >= 15 is 0 Å². The SMILES string of the molecule is NCCCCC(N)C(=O)N1CCCC1C(=O)NC(CO)C(=O)NC(Cc1ccc(O)cc1)C(=O)O. The van der Waals surface area contributed by atoms with Crippen LogP contribution in [-0.2, 0) is 25.6 Å². The molecule has 1 aromatic carbocycles. The lowest BCUT2D eigenvalue weighted by molar-refractivity contribution is -0.143. The van der Waals surface area contributed by atoms with Gasteiger partial charge in [-0.1, -0.05) is 18.6 Å². The van der Waals surface area contributed by atoms with Crippen molar-refractivity contribution in [3.05, 3.63) is 29.8 Å². The lowest BCUT2D eigenvalue weighted by atomic mass is 10.1. The number of aliphatic hydroxyl groups is 1. The Bertz CT molecular complexity index is 880. The number of amides is 3. The number of phenolic OH excluding ortho intramolecular Hbond substituents is 1. The molecule has 0 bridgehead atoms. The molecule has 9 N–H and O–H groups in total. The number of hydrogen-bond donors (Lipinski definition) is 7. The summed E-state index contributed by atoms with van der Waals surface area (Å²) >= 11 is 0. The topological polar surface area (TPSA) is 208 Å². The van der Waals surface area contributed by atoms with Crippen molar-refractivity contribution in [1.29, 1.82) is 0 Å². The minimum absolute atomic E-state index is 0.0173. The van der Waals surface area contributed by atoms with Crippen LogP contribution in [0.4, 0.5) is 0 Å². The first-order chi connectivity index (χ1) is 16.7. The Labute approximate surface area is 203 Å². The van der Waals surface area contributed by atoms with Gasteiger partial charge in [-0.25, -0.2) is 4.79 Å². The molecule has 0 aliphatic carbocycles. The summed E-state index contributed by atoms with van der Waals surface area (Å²) in [6.45, 7) is 0.0888. The molecular weight excluding hydrogens is 458 g/mol. The second kappa shape index (κ2) is 13.6. The number of likely N-dealkylation sites (tertiary alicyclic amines) is 1. The van der Waals surface area contributed by atoms with E-state index < -0.39 is 48.6 Å². The van der Waals surface area contributed by atoms with Gasteiger partial charge in [0, 0.05) is 13.0 Å². The molecule has 0 aromatic heterocycles. The van der Waals surface area contributed by atoms with E-state index in [1.54, 1.807) is 0 Å². The van der Waals surface area contributed by atoms with Crippen molar-refractivity contribution in [1.82, 2.24) is 15.5 Å². The van der Waals surface area contributed by atoms with Crippen LogP contribution in [0.15, 0.2) is 24.3 Å². The molecule has 1 heterocycles. The van der Waals surface area contributed by atoms with Gasteiger partial charge in [0.25, 0.3) is 0 Å². The van der Waals surface area contributed by atoms with Crippen LogP contribution in [0.5, 0.6) is 5.75 Å². The molecule has 194 valence electrons. The zero-order valence-electron chi connectivity index (χ0n) is 19.6. The van der Waals surface area contributed by atoms with Crippen LogP contribution >= 0.6 is 0 Å². The number of benzene rings is 1. The predicted octanol–water partition coefficient (Wildman–Crippen LogP) is -1.57. The molecule has 4 unspecified atom stereocenters. The van der Waals surface area contributed by atoms with E-state index in [9.17, 15) is 34.5 Å². The number of aliphatic hydroxyl groups excluding tert-OH is 1. The summed E-state index contributed by atoms with van der Waals surface area (Å²) in [4.78, 5) is 51.3. The zero-order valence-corrected chi connectivity index (χ0v) is 19.6. The van der Waals surface area contributed by atoms with Crippen LogP contribution in [0, 0.1) is 0 Å². The number of nitrogens with one attached hydrogen (secondary N) is 2. The second-order valence-corrected chi connectivity index (χ2v) is 8.59. The number of unbranched alkanes of at least 4 members (excludes halogenated alkanes) is 1. The van der Waals surface area contributed by atoms with Gasteiger partial charge in [-0.2, -0.15) is 0 Å². The number of rotatable bonds is 13. The summed E-state index contributed by atoms with van der Waals surface area (Å²) in [7, 11) is 0. The third-order valence-electron chi connectivity index (χ3n) is 5.93. The molecule has 1 fully saturated rings. The van der Waals surface area contributed by atoms with Gasteiger partial charge in [-0.3, -0.25) is 14.4 Å². The molecule has 0 radical (unpaired) electrons. The van der Waals surface area contributed by atoms with Gasteiger partial charge < -0.3 is 42.3 Å². The molecule has 12 heteroatoms. The van der Waals surface area contributed by atoms with E-state index in [0.29, 0.717) is 44.3 Å². The number of nitrogens with zero attached hydrogens (tertiary/aromatic N) is 1. The number of aromatic hydroxyl groups is 1. The highest BCUT2D eigenvalue weighted by Gasteiger charge is 2.37. The Morgan fingerprint density at radius 1 is 1.09 bits per heavy atom. The lowest BCUT2D eigenvalue weighted by Crippen LogP contribution is -2.57. The molecule has 35 heavy (non-hydrogen) atoms. The van der Waals surface area contributed by atoms with Crippen LogP contribution < -0.4 is 22.1 Å². The van der Waals surface area contributed by atoms with E-state index in [0.717, 1.165) is 6.42 Å². The highest BCUT2D eigenvalue weighted by molar-refractivity contribution is 5.94. The maximum Gasteiger partial charge on any atom is 0.326 e. The molecule has 1 aromatic rings. The fraction of sp³-hybridized carbons (Fsp3) is 0.565. The first-order valence-corrected chi connectivity index (χ1v) is 11.7. The average Bonchev–Trinajstić information content (AvgIpc) is 3.32. The van der Waals surface area contributed by atoms with Crippen LogP contribution in [0.2, 0.25) is 0 Å². The number of carboxylic acid groups (broad SMARTS) is 1. The molecule has 4 atom stereocenters. The number of carboxylic acids is 1. The highest BCUT2D eigenvalue weighted by Crippen LogP contribution is 2.19. The normalized spacial score (nSPS) is 17.9. The van der Waals surface area contributed by atoms with Crippen molar-refractivity contribution < 1.29 is 34.5 Å². The molecule has 0 spiro atoms. The third kappa shape index (κ3) is 8.19. The first-order valence-electron chi connectivity index (χ1n) is 11.7. The van der Waals surface area contributed by atoms with E-state index in [-0.39, 0.29) is 18.1 Å². The van der Waals surface area contributed by atoms with Crippen LogP contribution in [-0.4, -0.2) is 87.8 Å². The largest absolute Gasteiger partial charge is 0.508 e. The molecule has 1 aliphatic rings. The number of nitrogens with two attached hydrogens (primary N) is 2.